The number of hydrogen-bond acceptors (Lipinski definition) is 3. The minimum atomic E-state index is -0.104. The monoisotopic (exact) mass is 416 g/mol. The minimum absolute atomic E-state index is 0.0575. The van der Waals surface area contributed by atoms with Crippen LogP contribution in [0.5, 0.6) is 0 Å². The molecular formula is C22H25ClN2O2S. The molecule has 6 heteroatoms. The first-order valence-corrected chi connectivity index (χ1v) is 11.0. The third-order valence-electron chi connectivity index (χ3n) is 5.00. The number of nitrogens with zero attached hydrogens (tertiary/aromatic N) is 1. The van der Waals surface area contributed by atoms with Crippen LogP contribution < -0.4 is 10.2 Å². The van der Waals surface area contributed by atoms with Gasteiger partial charge in [0.2, 0.25) is 5.91 Å². The fourth-order valence-corrected chi connectivity index (χ4v) is 4.31. The van der Waals surface area contributed by atoms with Gasteiger partial charge in [-0.25, -0.2) is 0 Å². The molecule has 0 heterocycles. The molecule has 1 aliphatic carbocycles. The smallest absolute Gasteiger partial charge is 0.253 e. The van der Waals surface area contributed by atoms with E-state index in [4.69, 9.17) is 11.6 Å². The number of amides is 2. The predicted octanol–water partition coefficient (Wildman–Crippen LogP) is 5.16. The second-order valence-electron chi connectivity index (χ2n) is 7.02. The van der Waals surface area contributed by atoms with E-state index in [9.17, 15) is 9.59 Å². The topological polar surface area (TPSA) is 49.4 Å². The molecule has 3 rings (SSSR count). The van der Waals surface area contributed by atoms with Crippen LogP contribution in [0.3, 0.4) is 0 Å². The number of anilines is 1. The summed E-state index contributed by atoms with van der Waals surface area (Å²) in [6.45, 7) is 0. The van der Waals surface area contributed by atoms with Gasteiger partial charge in [-0.3, -0.25) is 9.59 Å². The molecule has 0 unspecified atom stereocenters. The summed E-state index contributed by atoms with van der Waals surface area (Å²) in [6.07, 6.45) is 5.62. The average Bonchev–Trinajstić information content (AvgIpc) is 2.73. The maximum absolute atomic E-state index is 12.8. The lowest BCUT2D eigenvalue weighted by Crippen LogP contribution is -2.37. The first kappa shape index (κ1) is 20.7. The Hall–Kier alpha value is -1.98. The van der Waals surface area contributed by atoms with Crippen molar-refractivity contribution in [3.05, 3.63) is 59.1 Å². The lowest BCUT2D eigenvalue weighted by Gasteiger charge is -2.25. The van der Waals surface area contributed by atoms with Crippen molar-refractivity contribution in [2.45, 2.75) is 43.0 Å². The maximum atomic E-state index is 12.8. The first-order chi connectivity index (χ1) is 13.5. The predicted molar refractivity (Wildman–Crippen MR) is 116 cm³/mol. The van der Waals surface area contributed by atoms with Crippen LogP contribution in [0.1, 0.15) is 42.5 Å². The standard InChI is InChI=1S/C22H25ClN2O2S/c1-25(21(26)15-28-18-13-11-16(23)12-14-18)20-10-6-5-9-19(20)22(27)24-17-7-3-2-4-8-17/h5-6,9-14,17H,2-4,7-8,15H2,1H3,(H,24,27). The van der Waals surface area contributed by atoms with Gasteiger partial charge >= 0.3 is 0 Å². The van der Waals surface area contributed by atoms with Gasteiger partial charge in [0.15, 0.2) is 0 Å². The van der Waals surface area contributed by atoms with Gasteiger partial charge in [0, 0.05) is 23.0 Å². The van der Waals surface area contributed by atoms with E-state index in [0.717, 1.165) is 30.6 Å². The Morgan fingerprint density at radius 1 is 1.07 bits per heavy atom. The fraction of sp³-hybridized carbons (Fsp3) is 0.364. The van der Waals surface area contributed by atoms with Crippen molar-refractivity contribution in [2.24, 2.45) is 0 Å². The number of benzene rings is 2. The highest BCUT2D eigenvalue weighted by atomic mass is 35.5. The molecule has 0 bridgehead atoms. The third-order valence-corrected chi connectivity index (χ3v) is 6.25. The van der Waals surface area contributed by atoms with Crippen LogP contribution in [0.25, 0.3) is 0 Å². The summed E-state index contributed by atoms with van der Waals surface area (Å²) in [5, 5.41) is 3.81. The van der Waals surface area contributed by atoms with E-state index in [0.29, 0.717) is 16.3 Å². The highest BCUT2D eigenvalue weighted by molar-refractivity contribution is 8.00. The molecule has 0 saturated heterocycles. The van der Waals surface area contributed by atoms with Crippen LogP contribution in [0.15, 0.2) is 53.4 Å². The molecule has 1 fully saturated rings. The summed E-state index contributed by atoms with van der Waals surface area (Å²) in [5.41, 5.74) is 1.18. The highest BCUT2D eigenvalue weighted by Gasteiger charge is 2.21. The number of hydrogen-bond donors (Lipinski definition) is 1. The van der Waals surface area contributed by atoms with Crippen LogP contribution in [0, 0.1) is 0 Å². The van der Waals surface area contributed by atoms with Crippen LogP contribution in [-0.4, -0.2) is 30.7 Å². The highest BCUT2D eigenvalue weighted by Crippen LogP contribution is 2.24. The van der Waals surface area contributed by atoms with Crippen LogP contribution in [0.4, 0.5) is 5.69 Å². The SMILES string of the molecule is CN(C(=O)CSc1ccc(Cl)cc1)c1ccccc1C(=O)NC1CCCCC1. The minimum Gasteiger partial charge on any atom is -0.349 e. The van der Waals surface area contributed by atoms with E-state index in [1.165, 1.54) is 18.2 Å². The van der Waals surface area contributed by atoms with Gasteiger partial charge in [-0.05, 0) is 49.2 Å². The quantitative estimate of drug-likeness (QED) is 0.662. The van der Waals surface area contributed by atoms with Gasteiger partial charge in [0.25, 0.3) is 5.91 Å². The Balaban J connectivity index is 1.65. The molecule has 0 aliphatic heterocycles. The van der Waals surface area contributed by atoms with Gasteiger partial charge in [-0.1, -0.05) is 43.0 Å². The molecule has 2 aromatic carbocycles. The summed E-state index contributed by atoms with van der Waals surface area (Å²) >= 11 is 7.35. The molecule has 4 nitrogen and oxygen atoms in total. The van der Waals surface area contributed by atoms with E-state index in [2.05, 4.69) is 5.32 Å². The summed E-state index contributed by atoms with van der Waals surface area (Å²) in [4.78, 5) is 28.1. The molecule has 148 valence electrons. The van der Waals surface area contributed by atoms with Crippen molar-refractivity contribution < 1.29 is 9.59 Å². The molecular weight excluding hydrogens is 392 g/mol. The zero-order valence-corrected chi connectivity index (χ0v) is 17.6. The number of halogens is 1. The lowest BCUT2D eigenvalue weighted by atomic mass is 9.95. The van der Waals surface area contributed by atoms with E-state index < -0.39 is 0 Å². The molecule has 1 N–H and O–H groups in total. The molecule has 28 heavy (non-hydrogen) atoms. The van der Waals surface area contributed by atoms with Gasteiger partial charge in [0.05, 0.1) is 17.0 Å². The molecule has 1 aliphatic rings. The normalized spacial score (nSPS) is 14.5. The number of thioether (sulfide) groups is 1. The van der Waals surface area contributed by atoms with Crippen molar-refractivity contribution in [1.82, 2.24) is 5.32 Å². The number of carbonyl (C=O) groups excluding carboxylic acids is 2. The number of nitrogens with one attached hydrogen (secondary N) is 1. The van der Waals surface area contributed by atoms with Gasteiger partial charge in [0.1, 0.15) is 0 Å². The molecule has 1 saturated carbocycles. The molecule has 0 atom stereocenters. The Labute approximate surface area is 175 Å². The molecule has 2 amide bonds. The average molecular weight is 417 g/mol. The van der Waals surface area contributed by atoms with Crippen LogP contribution >= 0.6 is 23.4 Å². The zero-order valence-electron chi connectivity index (χ0n) is 16.0. The lowest BCUT2D eigenvalue weighted by molar-refractivity contribution is -0.115. The Morgan fingerprint density at radius 3 is 2.46 bits per heavy atom. The van der Waals surface area contributed by atoms with Gasteiger partial charge in [-0.15, -0.1) is 11.8 Å². The van der Waals surface area contributed by atoms with Crippen molar-refractivity contribution in [1.29, 1.82) is 0 Å². The number of rotatable bonds is 6. The second-order valence-corrected chi connectivity index (χ2v) is 8.51. The maximum Gasteiger partial charge on any atom is 0.253 e. The Bertz CT molecular complexity index is 820. The first-order valence-electron chi connectivity index (χ1n) is 9.59. The van der Waals surface area contributed by atoms with E-state index in [1.807, 2.05) is 42.5 Å². The van der Waals surface area contributed by atoms with Crippen molar-refractivity contribution >= 4 is 40.9 Å². The van der Waals surface area contributed by atoms with Crippen LogP contribution in [-0.2, 0) is 4.79 Å². The van der Waals surface area contributed by atoms with E-state index in [-0.39, 0.29) is 23.6 Å². The molecule has 2 aromatic rings. The summed E-state index contributed by atoms with van der Waals surface area (Å²) in [5.74, 6) is 0.127. The summed E-state index contributed by atoms with van der Waals surface area (Å²) in [7, 11) is 1.72. The molecule has 0 aromatic heterocycles. The largest absolute Gasteiger partial charge is 0.349 e. The number of carbonyl (C=O) groups is 2. The van der Waals surface area contributed by atoms with Crippen molar-refractivity contribution in [3.8, 4) is 0 Å². The van der Waals surface area contributed by atoms with E-state index in [1.54, 1.807) is 18.0 Å². The van der Waals surface area contributed by atoms with Crippen molar-refractivity contribution in [3.63, 3.8) is 0 Å². The third kappa shape index (κ3) is 5.52. The van der Waals surface area contributed by atoms with Gasteiger partial charge in [-0.2, -0.15) is 0 Å². The molecule has 0 spiro atoms. The number of para-hydroxylation sites is 1. The second kappa shape index (κ2) is 9.99. The Kier molecular flexibility index (Phi) is 7.40. The Morgan fingerprint density at radius 2 is 1.75 bits per heavy atom. The van der Waals surface area contributed by atoms with E-state index >= 15 is 0 Å². The molecule has 0 radical (unpaired) electrons. The summed E-state index contributed by atoms with van der Waals surface area (Å²) in [6, 6.07) is 14.9. The fourth-order valence-electron chi connectivity index (χ4n) is 3.38. The van der Waals surface area contributed by atoms with Crippen LogP contribution in [0.2, 0.25) is 5.02 Å². The van der Waals surface area contributed by atoms with Crippen molar-refractivity contribution in [2.75, 3.05) is 17.7 Å². The zero-order chi connectivity index (χ0) is 19.9. The summed E-state index contributed by atoms with van der Waals surface area (Å²) < 4.78 is 0. The van der Waals surface area contributed by atoms with Gasteiger partial charge < -0.3 is 10.2 Å².